The van der Waals surface area contributed by atoms with E-state index >= 15 is 0 Å². The summed E-state index contributed by atoms with van der Waals surface area (Å²) in [4.78, 5) is 47.7. The van der Waals surface area contributed by atoms with Crippen molar-refractivity contribution < 1.29 is 19.2 Å². The van der Waals surface area contributed by atoms with Gasteiger partial charge < -0.3 is 0 Å². The Hall–Kier alpha value is -4.35. The van der Waals surface area contributed by atoms with Gasteiger partial charge in [0.1, 0.15) is 6.04 Å². The largest absolute Gasteiger partial charge is 0.294 e. The zero-order valence-electron chi connectivity index (χ0n) is 18.9. The van der Waals surface area contributed by atoms with E-state index < -0.39 is 18.1 Å². The lowest BCUT2D eigenvalue weighted by Gasteiger charge is -2.25. The fraction of sp³-hybridized carbons (Fsp3) is 0.100. The van der Waals surface area contributed by atoms with Crippen LogP contribution in [0.1, 0.15) is 31.1 Å². The quantitative estimate of drug-likeness (QED) is 0.343. The second-order valence-electron chi connectivity index (χ2n) is 8.35. The van der Waals surface area contributed by atoms with Crippen molar-refractivity contribution >= 4 is 23.0 Å². The average Bonchev–Trinajstić information content (AvgIpc) is 3.34. The highest BCUT2D eigenvalue weighted by Crippen LogP contribution is 2.37. The van der Waals surface area contributed by atoms with Gasteiger partial charge in [0.05, 0.1) is 11.6 Å². The van der Waals surface area contributed by atoms with Crippen molar-refractivity contribution in [1.29, 1.82) is 0 Å². The Morgan fingerprint density at radius 2 is 0.914 bits per heavy atom. The summed E-state index contributed by atoms with van der Waals surface area (Å²) in [6.45, 7) is 0. The molecule has 5 heteroatoms. The normalized spacial score (nSPS) is 19.3. The monoisotopic (exact) mass is 461 g/mol. The maximum Gasteiger partial charge on any atom is 0.195 e. The van der Waals surface area contributed by atoms with Crippen molar-refractivity contribution in [2.45, 2.75) is 12.1 Å². The first-order valence-electron chi connectivity index (χ1n) is 11.4. The smallest absolute Gasteiger partial charge is 0.195 e. The summed E-state index contributed by atoms with van der Waals surface area (Å²) in [7, 11) is 0. The van der Waals surface area contributed by atoms with Crippen LogP contribution < -0.4 is 5.06 Å². The topological polar surface area (TPSA) is 63.7 Å². The zero-order valence-corrected chi connectivity index (χ0v) is 18.9. The minimum atomic E-state index is -1.16. The van der Waals surface area contributed by atoms with E-state index in [0.29, 0.717) is 22.4 Å². The number of nitrogens with zero attached hydrogens (tertiary/aromatic N) is 1. The molecular formula is C30H23NO4. The summed E-state index contributed by atoms with van der Waals surface area (Å²) in [6, 6.07) is 34.3. The Labute approximate surface area is 203 Å². The van der Waals surface area contributed by atoms with E-state index in [2.05, 4.69) is 0 Å². The fourth-order valence-corrected chi connectivity index (χ4v) is 4.46. The van der Waals surface area contributed by atoms with Crippen molar-refractivity contribution in [3.8, 4) is 0 Å². The highest BCUT2D eigenvalue weighted by molar-refractivity contribution is 6.12. The van der Waals surface area contributed by atoms with Crippen LogP contribution in [-0.4, -0.2) is 29.5 Å². The van der Waals surface area contributed by atoms with E-state index in [4.69, 9.17) is 4.84 Å². The summed E-state index contributed by atoms with van der Waals surface area (Å²) >= 11 is 0. The molecule has 0 amide bonds. The Kier molecular flexibility index (Phi) is 6.33. The van der Waals surface area contributed by atoms with Crippen LogP contribution in [0.3, 0.4) is 0 Å². The van der Waals surface area contributed by atoms with Crippen LogP contribution in [0.5, 0.6) is 0 Å². The summed E-state index contributed by atoms with van der Waals surface area (Å²) in [5.41, 5.74) is 1.88. The van der Waals surface area contributed by atoms with Gasteiger partial charge in [-0.1, -0.05) is 109 Å². The zero-order chi connectivity index (χ0) is 24.2. The molecule has 5 rings (SSSR count). The Morgan fingerprint density at radius 1 is 0.514 bits per heavy atom. The van der Waals surface area contributed by atoms with Gasteiger partial charge in [0, 0.05) is 16.7 Å². The van der Waals surface area contributed by atoms with Crippen molar-refractivity contribution in [1.82, 2.24) is 0 Å². The van der Waals surface area contributed by atoms with Gasteiger partial charge in [0.25, 0.3) is 0 Å². The maximum atomic E-state index is 13.9. The molecule has 3 atom stereocenters. The molecule has 0 aliphatic carbocycles. The molecule has 0 aromatic heterocycles. The summed E-state index contributed by atoms with van der Waals surface area (Å²) < 4.78 is 0. The molecule has 35 heavy (non-hydrogen) atoms. The molecule has 0 bridgehead atoms. The predicted octanol–water partition coefficient (Wildman–Crippen LogP) is 5.44. The highest BCUT2D eigenvalue weighted by atomic mass is 16.7. The molecule has 5 nitrogen and oxygen atoms in total. The number of benzene rings is 4. The standard InChI is InChI=1S/C30H23NO4/c32-27(21-13-5-1-6-14-21)25-26(28(33)22-15-7-2-8-16-22)31(24-19-11-4-12-20-24)35-30(25)29(34)23-17-9-3-10-18-23/h1-20,25-26,30H/t25-,26+,30-/m1/s1. The van der Waals surface area contributed by atoms with Crippen molar-refractivity contribution in [2.75, 3.05) is 5.06 Å². The van der Waals surface area contributed by atoms with E-state index in [1.54, 1.807) is 84.9 Å². The van der Waals surface area contributed by atoms with Crippen LogP contribution in [0.15, 0.2) is 121 Å². The maximum absolute atomic E-state index is 13.9. The number of para-hydroxylation sites is 1. The lowest BCUT2D eigenvalue weighted by molar-refractivity contribution is 0.0462. The van der Waals surface area contributed by atoms with E-state index in [9.17, 15) is 14.4 Å². The third-order valence-corrected chi connectivity index (χ3v) is 6.16. The second-order valence-corrected chi connectivity index (χ2v) is 8.35. The molecular weight excluding hydrogens is 438 g/mol. The highest BCUT2D eigenvalue weighted by Gasteiger charge is 2.54. The first-order valence-corrected chi connectivity index (χ1v) is 11.4. The molecule has 0 N–H and O–H groups in total. The number of Topliss-reactive ketones (excluding diaryl/α,β-unsaturated/α-hetero) is 3. The molecule has 4 aromatic carbocycles. The molecule has 1 saturated heterocycles. The minimum absolute atomic E-state index is 0.285. The van der Waals surface area contributed by atoms with Gasteiger partial charge in [0.15, 0.2) is 23.5 Å². The number of anilines is 1. The second kappa shape index (κ2) is 9.87. The van der Waals surface area contributed by atoms with Gasteiger partial charge >= 0.3 is 0 Å². The van der Waals surface area contributed by atoms with Crippen LogP contribution in [0.2, 0.25) is 0 Å². The molecule has 172 valence electrons. The number of hydrogen-bond donors (Lipinski definition) is 0. The number of carbonyl (C=O) groups excluding carboxylic acids is 3. The molecule has 0 unspecified atom stereocenters. The first-order chi connectivity index (χ1) is 17.1. The van der Waals surface area contributed by atoms with Crippen molar-refractivity contribution in [2.24, 2.45) is 5.92 Å². The molecule has 0 saturated carbocycles. The SMILES string of the molecule is O=C(c1ccccc1)[C@H]1[C@@H](C(=O)c2ccccc2)N(c2ccccc2)O[C@H]1C(=O)c1ccccc1. The number of hydrogen-bond acceptors (Lipinski definition) is 5. The van der Waals surface area contributed by atoms with Gasteiger partial charge in [-0.05, 0) is 12.1 Å². The number of rotatable bonds is 7. The molecule has 1 heterocycles. The van der Waals surface area contributed by atoms with E-state index in [-0.39, 0.29) is 17.3 Å². The van der Waals surface area contributed by atoms with Crippen LogP contribution in [0.25, 0.3) is 0 Å². The molecule has 4 aromatic rings. The molecule has 1 aliphatic heterocycles. The van der Waals surface area contributed by atoms with E-state index in [1.165, 1.54) is 5.06 Å². The van der Waals surface area contributed by atoms with Crippen LogP contribution in [0.4, 0.5) is 5.69 Å². The lowest BCUT2D eigenvalue weighted by atomic mass is 9.81. The van der Waals surface area contributed by atoms with E-state index in [0.717, 1.165) is 0 Å². The molecule has 1 aliphatic rings. The lowest BCUT2D eigenvalue weighted by Crippen LogP contribution is -2.44. The molecule has 1 fully saturated rings. The third kappa shape index (κ3) is 4.42. The van der Waals surface area contributed by atoms with E-state index in [1.807, 2.05) is 36.4 Å². The molecule has 0 spiro atoms. The number of ketones is 3. The summed E-state index contributed by atoms with van der Waals surface area (Å²) in [5, 5.41) is 1.44. The minimum Gasteiger partial charge on any atom is -0.294 e. The Bertz CT molecular complexity index is 1320. The molecule has 0 radical (unpaired) electrons. The first kappa shape index (κ1) is 22.4. The summed E-state index contributed by atoms with van der Waals surface area (Å²) in [6.07, 6.45) is -1.16. The van der Waals surface area contributed by atoms with Crippen LogP contribution in [-0.2, 0) is 4.84 Å². The summed E-state index contributed by atoms with van der Waals surface area (Å²) in [5.74, 6) is -1.98. The third-order valence-electron chi connectivity index (χ3n) is 6.16. The average molecular weight is 462 g/mol. The Morgan fingerprint density at radius 3 is 1.40 bits per heavy atom. The van der Waals surface area contributed by atoms with Gasteiger partial charge in [0.2, 0.25) is 0 Å². The van der Waals surface area contributed by atoms with Gasteiger partial charge in [-0.3, -0.25) is 19.2 Å². The van der Waals surface area contributed by atoms with Gasteiger partial charge in [-0.15, -0.1) is 0 Å². The number of hydroxylamine groups is 1. The van der Waals surface area contributed by atoms with Crippen LogP contribution in [0, 0.1) is 5.92 Å². The van der Waals surface area contributed by atoms with Gasteiger partial charge in [-0.2, -0.15) is 0 Å². The number of carbonyl (C=O) groups is 3. The van der Waals surface area contributed by atoms with Crippen LogP contribution >= 0.6 is 0 Å². The van der Waals surface area contributed by atoms with Crippen molar-refractivity contribution in [3.05, 3.63) is 138 Å². The van der Waals surface area contributed by atoms with Gasteiger partial charge in [-0.25, -0.2) is 5.06 Å². The fourth-order valence-electron chi connectivity index (χ4n) is 4.46. The predicted molar refractivity (Wildman–Crippen MR) is 133 cm³/mol. The van der Waals surface area contributed by atoms with Crippen molar-refractivity contribution in [3.63, 3.8) is 0 Å². The Balaban J connectivity index is 1.65.